The lowest BCUT2D eigenvalue weighted by atomic mass is 9.68. The number of carbonyl (C=O) groups excluding carboxylic acids is 1. The number of primary amides is 1. The Kier molecular flexibility index (Phi) is 8.09. The molecule has 2 saturated carbocycles. The Morgan fingerprint density at radius 3 is 2.21 bits per heavy atom. The van der Waals surface area contributed by atoms with Crippen molar-refractivity contribution in [3.8, 4) is 0 Å². The molecule has 4 bridgehead atoms. The van der Waals surface area contributed by atoms with E-state index >= 15 is 0 Å². The highest BCUT2D eigenvalue weighted by Crippen LogP contribution is 2.47. The molecule has 6 rings (SSSR count). The van der Waals surface area contributed by atoms with E-state index in [9.17, 15) is 19.5 Å². The first-order chi connectivity index (χ1) is 20.2. The van der Waals surface area contributed by atoms with Gasteiger partial charge in [-0.1, -0.05) is 56.8 Å². The maximum Gasteiger partial charge on any atom is 0.360 e. The SMILES string of the molecule is CC(C)C(O/N=C(\C(=O)O)c1nc2ccccc2n([C@H]2C[C@H]3CCC[C@@H](C2)N3C2CC3CCCC(C3)C2)c1=O)C(N)=O. The van der Waals surface area contributed by atoms with Crippen LogP contribution in [0.2, 0.25) is 0 Å². The van der Waals surface area contributed by atoms with Crippen LogP contribution in [-0.2, 0) is 14.4 Å². The maximum absolute atomic E-state index is 14.2. The summed E-state index contributed by atoms with van der Waals surface area (Å²) in [7, 11) is 0. The van der Waals surface area contributed by atoms with E-state index < -0.39 is 29.3 Å². The van der Waals surface area contributed by atoms with Crippen molar-refractivity contribution in [3.63, 3.8) is 0 Å². The van der Waals surface area contributed by atoms with E-state index in [4.69, 9.17) is 10.6 Å². The minimum atomic E-state index is -1.46. The number of carboxylic acids is 1. The number of nitrogens with zero attached hydrogens (tertiary/aromatic N) is 4. The van der Waals surface area contributed by atoms with Gasteiger partial charge in [-0.25, -0.2) is 9.78 Å². The fourth-order valence-electron chi connectivity index (χ4n) is 8.60. The smallest absolute Gasteiger partial charge is 0.360 e. The summed E-state index contributed by atoms with van der Waals surface area (Å²) in [5.41, 5.74) is 5.23. The third kappa shape index (κ3) is 5.45. The molecule has 2 aromatic rings. The topological polar surface area (TPSA) is 140 Å². The Morgan fingerprint density at radius 2 is 1.60 bits per heavy atom. The molecule has 4 aliphatic rings. The standard InChI is InChI=1S/C32H43N5O5/c1-18(2)29(30(33)38)42-35-28(32(40)41)27-31(39)37(26-12-4-3-11-25(26)34-27)24-16-21-9-6-10-22(17-24)36(21)23-14-19-7-5-8-20(13-19)15-23/h3-4,11-12,18-24,29H,5-10,13-17H2,1-2H3,(H2,33,38)(H,40,41)/b35-28-/t19?,20?,21-,22+,23?,24+,29?. The van der Waals surface area contributed by atoms with Crippen molar-refractivity contribution < 1.29 is 19.5 Å². The first kappa shape index (κ1) is 28.8. The van der Waals surface area contributed by atoms with Crippen LogP contribution < -0.4 is 11.3 Å². The molecule has 1 amide bonds. The third-order valence-electron chi connectivity index (χ3n) is 10.3. The fourth-order valence-corrected chi connectivity index (χ4v) is 8.60. The van der Waals surface area contributed by atoms with Gasteiger partial charge in [0.15, 0.2) is 5.69 Å². The molecule has 1 aromatic carbocycles. The van der Waals surface area contributed by atoms with E-state index in [-0.39, 0.29) is 17.7 Å². The molecule has 2 saturated heterocycles. The number of fused-ring (bicyclic) bond motifs is 5. The molecule has 4 fully saturated rings. The number of hydrogen-bond donors (Lipinski definition) is 2. The lowest BCUT2D eigenvalue weighted by molar-refractivity contribution is -0.134. The number of carbonyl (C=O) groups is 2. The maximum atomic E-state index is 14.2. The van der Waals surface area contributed by atoms with E-state index in [0.29, 0.717) is 29.2 Å². The first-order valence-corrected chi connectivity index (χ1v) is 15.8. The fraction of sp³-hybridized carbons (Fsp3) is 0.656. The quantitative estimate of drug-likeness (QED) is 0.353. The van der Waals surface area contributed by atoms with Gasteiger partial charge in [0, 0.05) is 30.1 Å². The van der Waals surface area contributed by atoms with E-state index in [1.54, 1.807) is 24.5 Å². The van der Waals surface area contributed by atoms with Crippen molar-refractivity contribution in [2.45, 2.75) is 115 Å². The Morgan fingerprint density at radius 1 is 0.952 bits per heavy atom. The van der Waals surface area contributed by atoms with E-state index in [1.807, 2.05) is 18.2 Å². The van der Waals surface area contributed by atoms with Crippen molar-refractivity contribution >= 4 is 28.6 Å². The van der Waals surface area contributed by atoms with Crippen molar-refractivity contribution in [3.05, 3.63) is 40.3 Å². The Balaban J connectivity index is 1.36. The van der Waals surface area contributed by atoms with Gasteiger partial charge in [0.25, 0.3) is 11.5 Å². The lowest BCUT2D eigenvalue weighted by Gasteiger charge is -2.55. The third-order valence-corrected chi connectivity index (χ3v) is 10.3. The van der Waals surface area contributed by atoms with Crippen LogP contribution in [-0.4, -0.2) is 61.4 Å². The molecule has 3 unspecified atom stereocenters. The van der Waals surface area contributed by atoms with Crippen molar-refractivity contribution in [2.24, 2.45) is 28.6 Å². The minimum Gasteiger partial charge on any atom is -0.476 e. The predicted octanol–water partition coefficient (Wildman–Crippen LogP) is 4.24. The largest absolute Gasteiger partial charge is 0.476 e. The number of carboxylic acid groups (broad SMARTS) is 1. The molecule has 42 heavy (non-hydrogen) atoms. The normalized spacial score (nSPS) is 30.7. The van der Waals surface area contributed by atoms with Crippen LogP contribution >= 0.6 is 0 Å². The molecule has 2 aliphatic carbocycles. The Labute approximate surface area is 246 Å². The van der Waals surface area contributed by atoms with Crippen LogP contribution in [0.4, 0.5) is 0 Å². The van der Waals surface area contributed by atoms with Gasteiger partial charge < -0.3 is 20.2 Å². The van der Waals surface area contributed by atoms with Gasteiger partial charge in [0.05, 0.1) is 11.0 Å². The molecule has 226 valence electrons. The number of hydrogen-bond acceptors (Lipinski definition) is 7. The highest BCUT2D eigenvalue weighted by Gasteiger charge is 2.45. The molecule has 2 aliphatic heterocycles. The molecule has 10 nitrogen and oxygen atoms in total. The second-order valence-electron chi connectivity index (χ2n) is 13.4. The Hall–Kier alpha value is -3.27. The monoisotopic (exact) mass is 577 g/mol. The summed E-state index contributed by atoms with van der Waals surface area (Å²) in [6.07, 6.45) is 12.2. The van der Waals surface area contributed by atoms with E-state index in [2.05, 4.69) is 15.0 Å². The van der Waals surface area contributed by atoms with Gasteiger partial charge in [0.2, 0.25) is 11.8 Å². The first-order valence-electron chi connectivity index (χ1n) is 15.8. The van der Waals surface area contributed by atoms with Gasteiger partial charge in [-0.3, -0.25) is 14.5 Å². The van der Waals surface area contributed by atoms with Crippen molar-refractivity contribution in [2.75, 3.05) is 0 Å². The van der Waals surface area contributed by atoms with Crippen LogP contribution in [0.5, 0.6) is 0 Å². The van der Waals surface area contributed by atoms with Crippen molar-refractivity contribution in [1.29, 1.82) is 0 Å². The number of piperidine rings is 2. The van der Waals surface area contributed by atoms with Crippen LogP contribution in [0.25, 0.3) is 11.0 Å². The molecular weight excluding hydrogens is 534 g/mol. The summed E-state index contributed by atoms with van der Waals surface area (Å²) in [6, 6.07) is 8.74. The molecule has 10 heteroatoms. The number of aromatic nitrogens is 2. The number of benzene rings is 1. The summed E-state index contributed by atoms with van der Waals surface area (Å²) in [4.78, 5) is 51.0. The number of aliphatic carboxylic acids is 1. The van der Waals surface area contributed by atoms with Gasteiger partial charge in [0.1, 0.15) is 0 Å². The summed E-state index contributed by atoms with van der Waals surface area (Å²) >= 11 is 0. The van der Waals surface area contributed by atoms with Crippen LogP contribution in [0.15, 0.2) is 34.2 Å². The van der Waals surface area contributed by atoms with Gasteiger partial charge >= 0.3 is 5.97 Å². The minimum absolute atomic E-state index is 0.0798. The molecular formula is C32H43N5O5. The van der Waals surface area contributed by atoms with Gasteiger partial charge in [-0.05, 0) is 68.9 Å². The number of amides is 1. The molecule has 0 spiro atoms. The summed E-state index contributed by atoms with van der Waals surface area (Å²) in [6.45, 7) is 3.44. The van der Waals surface area contributed by atoms with E-state index in [1.165, 1.54) is 44.9 Å². The summed E-state index contributed by atoms with van der Waals surface area (Å²) in [5, 5.41) is 13.9. The highest BCUT2D eigenvalue weighted by atomic mass is 16.6. The average molecular weight is 578 g/mol. The Bertz CT molecular complexity index is 1410. The second-order valence-corrected chi connectivity index (χ2v) is 13.4. The second kappa shape index (κ2) is 11.8. The zero-order chi connectivity index (χ0) is 29.5. The van der Waals surface area contributed by atoms with Crippen molar-refractivity contribution in [1.82, 2.24) is 14.5 Å². The zero-order valence-corrected chi connectivity index (χ0v) is 24.7. The molecule has 3 N–H and O–H groups in total. The predicted molar refractivity (Wildman–Crippen MR) is 159 cm³/mol. The number of nitrogens with two attached hydrogens (primary N) is 1. The molecule has 1 aromatic heterocycles. The van der Waals surface area contributed by atoms with E-state index in [0.717, 1.165) is 37.5 Å². The highest BCUT2D eigenvalue weighted by molar-refractivity contribution is 6.41. The average Bonchev–Trinajstić information content (AvgIpc) is 2.94. The summed E-state index contributed by atoms with van der Waals surface area (Å²) < 4.78 is 1.77. The number of para-hydroxylation sites is 2. The summed E-state index contributed by atoms with van der Waals surface area (Å²) in [5.74, 6) is -0.840. The number of oxime groups is 1. The lowest BCUT2D eigenvalue weighted by Crippen LogP contribution is -2.58. The number of rotatable bonds is 8. The van der Waals surface area contributed by atoms with Crippen LogP contribution in [0.1, 0.15) is 96.2 Å². The van der Waals surface area contributed by atoms with Crippen LogP contribution in [0, 0.1) is 17.8 Å². The molecule has 3 heterocycles. The van der Waals surface area contributed by atoms with Crippen LogP contribution in [0.3, 0.4) is 0 Å². The van der Waals surface area contributed by atoms with Gasteiger partial charge in [-0.2, -0.15) is 0 Å². The zero-order valence-electron chi connectivity index (χ0n) is 24.7. The van der Waals surface area contributed by atoms with Gasteiger partial charge in [-0.15, -0.1) is 0 Å². The molecule has 0 radical (unpaired) electrons. The molecule has 6 atom stereocenters.